The molecule has 0 saturated carbocycles. The van der Waals surface area contributed by atoms with Crippen LogP contribution in [0.25, 0.3) is 0 Å². The highest BCUT2D eigenvalue weighted by molar-refractivity contribution is 5.76. The first-order valence-electron chi connectivity index (χ1n) is 21.3. The first-order valence-corrected chi connectivity index (χ1v) is 21.3. The number of rotatable bonds is 38. The predicted octanol–water partition coefficient (Wildman–Crippen LogP) is 12.0. The third-order valence-corrected chi connectivity index (χ3v) is 9.72. The fourth-order valence-corrected chi connectivity index (χ4v) is 6.37. The SMILES string of the molecule is CCCCC/C=C\C/C=C\CCCCCCCCCC(=O)NC(CO)C(O)C(O)CCC/C=C/CCCCCCCCCCCCCCC. The van der Waals surface area contributed by atoms with Crippen molar-refractivity contribution in [1.82, 2.24) is 5.32 Å². The lowest BCUT2D eigenvalue weighted by Gasteiger charge is -2.26. The van der Waals surface area contributed by atoms with E-state index in [9.17, 15) is 20.1 Å². The lowest BCUT2D eigenvalue weighted by Crippen LogP contribution is -2.50. The van der Waals surface area contributed by atoms with Crippen molar-refractivity contribution in [3.63, 3.8) is 0 Å². The van der Waals surface area contributed by atoms with Crippen LogP contribution in [0, 0.1) is 0 Å². The Morgan fingerprint density at radius 2 is 0.878 bits per heavy atom. The van der Waals surface area contributed by atoms with Crippen LogP contribution in [-0.2, 0) is 4.79 Å². The van der Waals surface area contributed by atoms with E-state index in [1.165, 1.54) is 135 Å². The molecule has 0 aliphatic heterocycles. The van der Waals surface area contributed by atoms with Crippen LogP contribution < -0.4 is 5.32 Å². The van der Waals surface area contributed by atoms with Gasteiger partial charge in [0.05, 0.1) is 18.8 Å². The molecule has 5 heteroatoms. The molecule has 5 nitrogen and oxygen atoms in total. The molecule has 49 heavy (non-hydrogen) atoms. The predicted molar refractivity (Wildman–Crippen MR) is 213 cm³/mol. The Bertz CT molecular complexity index is 764. The number of allylic oxidation sites excluding steroid dienone is 6. The van der Waals surface area contributed by atoms with Crippen LogP contribution in [0.4, 0.5) is 0 Å². The van der Waals surface area contributed by atoms with Crippen molar-refractivity contribution in [2.75, 3.05) is 6.61 Å². The van der Waals surface area contributed by atoms with Crippen molar-refractivity contribution in [3.8, 4) is 0 Å². The molecule has 288 valence electrons. The molecule has 0 radical (unpaired) electrons. The van der Waals surface area contributed by atoms with Crippen LogP contribution in [0.5, 0.6) is 0 Å². The molecule has 0 aliphatic rings. The molecule has 0 aromatic heterocycles. The zero-order valence-electron chi connectivity index (χ0n) is 32.6. The third-order valence-electron chi connectivity index (χ3n) is 9.72. The Kier molecular flexibility index (Phi) is 38.2. The number of amides is 1. The fourth-order valence-electron chi connectivity index (χ4n) is 6.37. The van der Waals surface area contributed by atoms with Gasteiger partial charge < -0.3 is 20.6 Å². The molecule has 0 heterocycles. The van der Waals surface area contributed by atoms with E-state index in [2.05, 4.69) is 55.6 Å². The maximum atomic E-state index is 12.4. The largest absolute Gasteiger partial charge is 0.394 e. The summed E-state index contributed by atoms with van der Waals surface area (Å²) in [6.07, 6.45) is 48.1. The Balaban J connectivity index is 3.70. The zero-order chi connectivity index (χ0) is 35.9. The Morgan fingerprint density at radius 1 is 0.510 bits per heavy atom. The summed E-state index contributed by atoms with van der Waals surface area (Å²) in [4.78, 5) is 12.4. The number of unbranched alkanes of at least 4 members (excludes halogenated alkanes) is 24. The second kappa shape index (κ2) is 39.4. The zero-order valence-corrected chi connectivity index (χ0v) is 32.6. The lowest BCUT2D eigenvalue weighted by molar-refractivity contribution is -0.124. The first kappa shape index (κ1) is 47.6. The number of carbonyl (C=O) groups excluding carboxylic acids is 1. The molecule has 0 fully saturated rings. The Hall–Kier alpha value is -1.43. The number of aliphatic hydroxyl groups excluding tert-OH is 3. The normalized spacial score (nSPS) is 14.0. The molecular formula is C44H83NO4. The molecule has 0 spiro atoms. The number of hydrogen-bond donors (Lipinski definition) is 4. The average molecular weight is 690 g/mol. The van der Waals surface area contributed by atoms with Crippen LogP contribution in [0.1, 0.15) is 213 Å². The van der Waals surface area contributed by atoms with Gasteiger partial charge in [0.15, 0.2) is 0 Å². The Labute approximate surface area is 304 Å². The maximum absolute atomic E-state index is 12.4. The monoisotopic (exact) mass is 690 g/mol. The molecule has 0 aromatic carbocycles. The minimum absolute atomic E-state index is 0.163. The van der Waals surface area contributed by atoms with E-state index in [0.717, 1.165) is 51.4 Å². The van der Waals surface area contributed by atoms with Crippen molar-refractivity contribution in [1.29, 1.82) is 0 Å². The van der Waals surface area contributed by atoms with E-state index in [1.54, 1.807) is 0 Å². The van der Waals surface area contributed by atoms with Crippen LogP contribution >= 0.6 is 0 Å². The minimum Gasteiger partial charge on any atom is -0.394 e. The highest BCUT2D eigenvalue weighted by atomic mass is 16.3. The summed E-state index contributed by atoms with van der Waals surface area (Å²) in [5.41, 5.74) is 0. The van der Waals surface area contributed by atoms with E-state index < -0.39 is 18.2 Å². The smallest absolute Gasteiger partial charge is 0.220 e. The van der Waals surface area contributed by atoms with E-state index in [4.69, 9.17) is 0 Å². The molecule has 0 rings (SSSR count). The molecule has 0 bridgehead atoms. The second-order valence-electron chi connectivity index (χ2n) is 14.5. The van der Waals surface area contributed by atoms with E-state index in [0.29, 0.717) is 12.8 Å². The highest BCUT2D eigenvalue weighted by Crippen LogP contribution is 2.15. The van der Waals surface area contributed by atoms with Crippen LogP contribution in [0.3, 0.4) is 0 Å². The van der Waals surface area contributed by atoms with Gasteiger partial charge >= 0.3 is 0 Å². The molecule has 0 aliphatic carbocycles. The van der Waals surface area contributed by atoms with Gasteiger partial charge in [-0.05, 0) is 70.6 Å². The van der Waals surface area contributed by atoms with Crippen molar-refractivity contribution in [2.24, 2.45) is 0 Å². The quantitative estimate of drug-likeness (QED) is 0.0384. The fraction of sp³-hybridized carbons (Fsp3) is 0.841. The van der Waals surface area contributed by atoms with Crippen molar-refractivity contribution < 1.29 is 20.1 Å². The van der Waals surface area contributed by atoms with Crippen molar-refractivity contribution in [2.45, 2.75) is 231 Å². The topological polar surface area (TPSA) is 89.8 Å². The van der Waals surface area contributed by atoms with Gasteiger partial charge in [0.2, 0.25) is 5.91 Å². The molecular weight excluding hydrogens is 606 g/mol. The van der Waals surface area contributed by atoms with Gasteiger partial charge in [0.25, 0.3) is 0 Å². The van der Waals surface area contributed by atoms with Crippen molar-refractivity contribution >= 4 is 5.91 Å². The molecule has 1 amide bonds. The molecule has 0 saturated heterocycles. The van der Waals surface area contributed by atoms with Crippen molar-refractivity contribution in [3.05, 3.63) is 36.5 Å². The maximum Gasteiger partial charge on any atom is 0.220 e. The van der Waals surface area contributed by atoms with Gasteiger partial charge in [-0.15, -0.1) is 0 Å². The summed E-state index contributed by atoms with van der Waals surface area (Å²) < 4.78 is 0. The summed E-state index contributed by atoms with van der Waals surface area (Å²) in [5, 5.41) is 33.5. The summed E-state index contributed by atoms with van der Waals surface area (Å²) >= 11 is 0. The van der Waals surface area contributed by atoms with Gasteiger partial charge in [0, 0.05) is 6.42 Å². The van der Waals surface area contributed by atoms with Crippen LogP contribution in [0.15, 0.2) is 36.5 Å². The van der Waals surface area contributed by atoms with E-state index >= 15 is 0 Å². The molecule has 4 N–H and O–H groups in total. The number of hydrogen-bond acceptors (Lipinski definition) is 4. The van der Waals surface area contributed by atoms with Gasteiger partial charge in [-0.3, -0.25) is 4.79 Å². The highest BCUT2D eigenvalue weighted by Gasteiger charge is 2.26. The summed E-state index contributed by atoms with van der Waals surface area (Å²) in [5.74, 6) is -0.163. The Morgan fingerprint density at radius 3 is 1.35 bits per heavy atom. The number of aliphatic hydroxyl groups is 3. The average Bonchev–Trinajstić information content (AvgIpc) is 3.10. The molecule has 0 aromatic rings. The van der Waals surface area contributed by atoms with E-state index in [1.807, 2.05) is 0 Å². The third kappa shape index (κ3) is 34.8. The minimum atomic E-state index is -1.16. The van der Waals surface area contributed by atoms with Crippen LogP contribution in [-0.4, -0.2) is 46.1 Å². The summed E-state index contributed by atoms with van der Waals surface area (Å²) in [7, 11) is 0. The van der Waals surface area contributed by atoms with Gasteiger partial charge in [-0.1, -0.05) is 172 Å². The number of nitrogens with one attached hydrogen (secondary N) is 1. The summed E-state index contributed by atoms with van der Waals surface area (Å²) in [6, 6.07) is -0.829. The first-order chi connectivity index (χ1) is 24.1. The number of carbonyl (C=O) groups is 1. The molecule has 3 unspecified atom stereocenters. The molecule has 3 atom stereocenters. The van der Waals surface area contributed by atoms with Crippen LogP contribution in [0.2, 0.25) is 0 Å². The lowest BCUT2D eigenvalue weighted by atomic mass is 10.0. The standard InChI is InChI=1S/C44H83NO4/c1-3-5-7-9-11-13-15-17-19-21-23-24-26-28-30-32-34-36-38-42(47)44(49)41(40-46)45-43(48)39-37-35-33-31-29-27-25-22-20-18-16-14-12-10-8-6-4-2/h12,14,18,20,30,32,41-42,44,46-47,49H,3-11,13,15-17,19,21-29,31,33-40H2,1-2H3,(H,45,48)/b14-12-,20-18-,32-30+. The van der Waals surface area contributed by atoms with Gasteiger partial charge in [-0.2, -0.15) is 0 Å². The van der Waals surface area contributed by atoms with E-state index in [-0.39, 0.29) is 12.5 Å². The second-order valence-corrected chi connectivity index (χ2v) is 14.5. The van der Waals surface area contributed by atoms with Gasteiger partial charge in [0.1, 0.15) is 6.10 Å². The van der Waals surface area contributed by atoms with Gasteiger partial charge in [-0.25, -0.2) is 0 Å². The summed E-state index contributed by atoms with van der Waals surface area (Å²) in [6.45, 7) is 4.14.